The fourth-order valence-corrected chi connectivity index (χ4v) is 7.56. The standard InChI is InChI=1S/C29H35N2O9PS/c1-18(26(34)38-20-10-4-5-11-20)17-41(36,40-22-13-7-9-19-8-3-6-12-21(19)22)37-16-23-25(33)29(2,35)27(39-23)31-15-14-24(32)30-28(31)42/h3,6-9,12-15,18,20,23,25,27,33,35H,4-5,10-11,16-17H2,1-2H3,(H,30,32,42)/t18-,23-,25+,27-,29?,41+/m1/s1. The SMILES string of the molecule is C[C@H](C[P@](=O)(OC[C@H]1O[C@@H](n2ccc(=O)[nH]c2=S)C(C)(O)[C@H]1O)Oc1cccc2ccccc12)C(=O)OC1CCCC1. The summed E-state index contributed by atoms with van der Waals surface area (Å²) in [6.07, 6.45) is 0.707. The highest BCUT2D eigenvalue weighted by molar-refractivity contribution is 7.71. The van der Waals surface area contributed by atoms with Gasteiger partial charge in [0.05, 0.1) is 18.7 Å². The molecule has 1 aromatic heterocycles. The van der Waals surface area contributed by atoms with Crippen LogP contribution >= 0.6 is 19.8 Å². The number of aromatic amines is 1. The molecule has 2 fully saturated rings. The Morgan fingerprint density at radius 2 is 1.93 bits per heavy atom. The molecule has 0 amide bonds. The normalized spacial score (nSPS) is 26.6. The summed E-state index contributed by atoms with van der Waals surface area (Å²) in [4.78, 5) is 27.0. The zero-order valence-corrected chi connectivity index (χ0v) is 25.1. The van der Waals surface area contributed by atoms with E-state index in [0.717, 1.165) is 31.1 Å². The molecular weight excluding hydrogens is 583 g/mol. The van der Waals surface area contributed by atoms with Crippen LogP contribution in [0.1, 0.15) is 45.8 Å². The van der Waals surface area contributed by atoms with Gasteiger partial charge >= 0.3 is 13.6 Å². The summed E-state index contributed by atoms with van der Waals surface area (Å²) in [5.74, 6) is -0.985. The molecule has 11 nitrogen and oxygen atoms in total. The van der Waals surface area contributed by atoms with Crippen molar-refractivity contribution in [3.05, 3.63) is 69.9 Å². The maximum atomic E-state index is 14.3. The van der Waals surface area contributed by atoms with Gasteiger partial charge in [-0.3, -0.25) is 23.7 Å². The molecule has 42 heavy (non-hydrogen) atoms. The summed E-state index contributed by atoms with van der Waals surface area (Å²) < 4.78 is 39.2. The number of esters is 1. The van der Waals surface area contributed by atoms with Crippen LogP contribution in [0.25, 0.3) is 10.8 Å². The lowest BCUT2D eigenvalue weighted by Crippen LogP contribution is -2.44. The van der Waals surface area contributed by atoms with Gasteiger partial charge in [0.2, 0.25) is 0 Å². The minimum atomic E-state index is -4.08. The summed E-state index contributed by atoms with van der Waals surface area (Å²) in [7, 11) is -4.08. The van der Waals surface area contributed by atoms with E-state index in [0.29, 0.717) is 11.1 Å². The maximum Gasteiger partial charge on any atom is 0.380 e. The van der Waals surface area contributed by atoms with Crippen molar-refractivity contribution >= 4 is 36.6 Å². The summed E-state index contributed by atoms with van der Waals surface area (Å²) in [5.41, 5.74) is -2.27. The second-order valence-corrected chi connectivity index (χ2v) is 13.5. The van der Waals surface area contributed by atoms with Crippen LogP contribution in [-0.2, 0) is 23.4 Å². The monoisotopic (exact) mass is 618 g/mol. The van der Waals surface area contributed by atoms with E-state index in [4.69, 9.17) is 30.7 Å². The van der Waals surface area contributed by atoms with Crippen LogP contribution in [0.5, 0.6) is 5.75 Å². The highest BCUT2D eigenvalue weighted by atomic mass is 32.1. The minimum absolute atomic E-state index is 0.0129. The molecule has 1 aliphatic carbocycles. The molecule has 1 unspecified atom stereocenters. The lowest BCUT2D eigenvalue weighted by molar-refractivity contribution is -0.152. The predicted octanol–water partition coefficient (Wildman–Crippen LogP) is 4.48. The molecule has 5 rings (SSSR count). The molecule has 2 heterocycles. The van der Waals surface area contributed by atoms with Crippen molar-refractivity contribution in [2.75, 3.05) is 12.8 Å². The first-order chi connectivity index (χ1) is 20.0. The molecule has 0 radical (unpaired) electrons. The Kier molecular flexibility index (Phi) is 9.03. The molecule has 6 atom stereocenters. The average Bonchev–Trinajstić information content (AvgIpc) is 3.54. The molecule has 1 aliphatic heterocycles. The molecule has 3 aromatic rings. The van der Waals surface area contributed by atoms with E-state index in [9.17, 15) is 24.4 Å². The number of carbonyl (C=O) groups is 1. The third kappa shape index (κ3) is 6.54. The smallest absolute Gasteiger partial charge is 0.380 e. The number of rotatable bonds is 10. The Bertz CT molecular complexity index is 1590. The lowest BCUT2D eigenvalue weighted by Gasteiger charge is -2.28. The summed E-state index contributed by atoms with van der Waals surface area (Å²) in [5, 5.41) is 23.7. The number of nitrogens with one attached hydrogen (secondary N) is 1. The summed E-state index contributed by atoms with van der Waals surface area (Å²) in [6, 6.07) is 14.0. The zero-order chi connectivity index (χ0) is 30.1. The number of aromatic nitrogens is 2. The van der Waals surface area contributed by atoms with Crippen molar-refractivity contribution in [1.29, 1.82) is 0 Å². The van der Waals surface area contributed by atoms with Crippen molar-refractivity contribution in [3.8, 4) is 5.75 Å². The zero-order valence-electron chi connectivity index (χ0n) is 23.4. The van der Waals surface area contributed by atoms with Crippen molar-refractivity contribution in [2.24, 2.45) is 5.92 Å². The number of H-pyrrole nitrogens is 1. The van der Waals surface area contributed by atoms with Crippen molar-refractivity contribution in [2.45, 2.75) is 69.7 Å². The molecule has 2 aromatic carbocycles. The maximum absolute atomic E-state index is 14.3. The summed E-state index contributed by atoms with van der Waals surface area (Å²) >= 11 is 5.21. The number of fused-ring (bicyclic) bond motifs is 1. The predicted molar refractivity (Wildman–Crippen MR) is 157 cm³/mol. The van der Waals surface area contributed by atoms with E-state index in [1.54, 1.807) is 19.1 Å². The van der Waals surface area contributed by atoms with Crippen LogP contribution in [0.3, 0.4) is 0 Å². The quantitative estimate of drug-likeness (QED) is 0.169. The molecule has 3 N–H and O–H groups in total. The molecule has 226 valence electrons. The second-order valence-electron chi connectivity index (χ2n) is 11.1. The van der Waals surface area contributed by atoms with Crippen molar-refractivity contribution in [1.82, 2.24) is 9.55 Å². The minimum Gasteiger partial charge on any atom is -0.462 e. The third-order valence-corrected chi connectivity index (χ3v) is 10.1. The van der Waals surface area contributed by atoms with Crippen LogP contribution in [0.15, 0.2) is 59.5 Å². The Morgan fingerprint density at radius 1 is 1.21 bits per heavy atom. The molecule has 1 saturated heterocycles. The first-order valence-corrected chi connectivity index (χ1v) is 16.1. The molecule has 0 spiro atoms. The van der Waals surface area contributed by atoms with Gasteiger partial charge in [0, 0.05) is 17.6 Å². The first-order valence-electron chi connectivity index (χ1n) is 14.0. The average molecular weight is 619 g/mol. The van der Waals surface area contributed by atoms with Gasteiger partial charge in [0.25, 0.3) is 5.56 Å². The number of aliphatic hydroxyl groups is 2. The number of ether oxygens (including phenoxy) is 2. The molecule has 2 aliphatic rings. The largest absolute Gasteiger partial charge is 0.462 e. The fourth-order valence-electron chi connectivity index (χ4n) is 5.41. The van der Waals surface area contributed by atoms with Crippen molar-refractivity contribution in [3.63, 3.8) is 0 Å². The van der Waals surface area contributed by atoms with E-state index in [-0.39, 0.29) is 17.0 Å². The number of nitrogens with zero attached hydrogens (tertiary/aromatic N) is 1. The van der Waals surface area contributed by atoms with Gasteiger partial charge in [-0.2, -0.15) is 0 Å². The van der Waals surface area contributed by atoms with Crippen LogP contribution in [0.4, 0.5) is 0 Å². The molecule has 1 saturated carbocycles. The lowest BCUT2D eigenvalue weighted by atomic mass is 9.96. The Balaban J connectivity index is 1.38. The number of benzene rings is 2. The van der Waals surface area contributed by atoms with Crippen LogP contribution < -0.4 is 10.1 Å². The van der Waals surface area contributed by atoms with Crippen LogP contribution in [-0.4, -0.2) is 62.4 Å². The van der Waals surface area contributed by atoms with Gasteiger partial charge in [-0.15, -0.1) is 0 Å². The molecular formula is C29H35N2O9PS. The Labute approximate surface area is 247 Å². The van der Waals surface area contributed by atoms with E-state index in [1.165, 1.54) is 23.8 Å². The number of hydrogen-bond donors (Lipinski definition) is 3. The molecule has 13 heteroatoms. The van der Waals surface area contributed by atoms with Gasteiger partial charge < -0.3 is 24.2 Å². The highest BCUT2D eigenvalue weighted by Crippen LogP contribution is 2.52. The Hall–Kier alpha value is -2.86. The van der Waals surface area contributed by atoms with Gasteiger partial charge in [0.1, 0.15) is 29.7 Å². The van der Waals surface area contributed by atoms with Crippen LogP contribution in [0, 0.1) is 10.7 Å². The van der Waals surface area contributed by atoms with Crippen molar-refractivity contribution < 1.29 is 38.1 Å². The number of aliphatic hydroxyl groups excluding tert-OH is 1. The van der Waals surface area contributed by atoms with Gasteiger partial charge in [-0.25, -0.2) is 4.57 Å². The van der Waals surface area contributed by atoms with E-state index in [2.05, 4.69) is 4.98 Å². The van der Waals surface area contributed by atoms with E-state index in [1.807, 2.05) is 30.3 Å². The van der Waals surface area contributed by atoms with E-state index < -0.39 is 55.7 Å². The highest BCUT2D eigenvalue weighted by Gasteiger charge is 2.54. The second kappa shape index (κ2) is 12.4. The first kappa shape index (κ1) is 30.6. The summed E-state index contributed by atoms with van der Waals surface area (Å²) in [6.45, 7) is 2.54. The topological polar surface area (TPSA) is 149 Å². The number of hydrogen-bond acceptors (Lipinski definition) is 10. The van der Waals surface area contributed by atoms with Crippen LogP contribution in [0.2, 0.25) is 0 Å². The fraction of sp³-hybridized carbons (Fsp3) is 0.483. The third-order valence-electron chi connectivity index (χ3n) is 7.77. The Morgan fingerprint density at radius 3 is 2.67 bits per heavy atom. The van der Waals surface area contributed by atoms with Gasteiger partial charge in [-0.1, -0.05) is 43.3 Å². The molecule has 0 bridgehead atoms. The van der Waals surface area contributed by atoms with E-state index >= 15 is 0 Å². The number of carbonyl (C=O) groups excluding carboxylic acids is 1. The van der Waals surface area contributed by atoms with Gasteiger partial charge in [0.15, 0.2) is 11.0 Å². The van der Waals surface area contributed by atoms with Gasteiger partial charge in [-0.05, 0) is 56.3 Å².